The zero-order chi connectivity index (χ0) is 19.8. The lowest BCUT2D eigenvalue weighted by atomic mass is 9.65. The molecule has 3 rings (SSSR count). The van der Waals surface area contributed by atoms with Gasteiger partial charge in [-0.1, -0.05) is 32.1 Å². The number of hydrogen-bond donors (Lipinski definition) is 2. The number of benzene rings is 1. The van der Waals surface area contributed by atoms with Crippen molar-refractivity contribution >= 4 is 11.5 Å². The topological polar surface area (TPSA) is 66.8 Å². The van der Waals surface area contributed by atoms with Crippen molar-refractivity contribution in [2.45, 2.75) is 64.3 Å². The average molecular weight is 374 g/mol. The molecule has 27 heavy (non-hydrogen) atoms. The van der Waals surface area contributed by atoms with Crippen LogP contribution in [0.25, 0.3) is 5.57 Å². The Kier molecular flexibility index (Phi) is 5.28. The molecule has 3 atom stereocenters. The number of hydrogen-bond acceptors (Lipinski definition) is 4. The number of carbonyl (C=O) groups is 1. The number of esters is 1. The Labute approximate surface area is 159 Å². The van der Waals surface area contributed by atoms with Crippen LogP contribution in [-0.4, -0.2) is 34.0 Å². The van der Waals surface area contributed by atoms with Crippen molar-refractivity contribution in [3.8, 4) is 0 Å². The molecule has 0 spiro atoms. The second-order valence-electron chi connectivity index (χ2n) is 8.61. The van der Waals surface area contributed by atoms with Gasteiger partial charge in [0.1, 0.15) is 11.9 Å². The van der Waals surface area contributed by atoms with Crippen molar-refractivity contribution in [1.29, 1.82) is 0 Å². The van der Waals surface area contributed by atoms with Crippen LogP contribution in [0.3, 0.4) is 0 Å². The maximum atomic E-state index is 13.4. The maximum absolute atomic E-state index is 13.4. The Morgan fingerprint density at radius 3 is 2.52 bits per heavy atom. The molecule has 2 N–H and O–H groups in total. The molecule has 0 aromatic heterocycles. The Morgan fingerprint density at radius 1 is 1.22 bits per heavy atom. The van der Waals surface area contributed by atoms with Crippen molar-refractivity contribution in [1.82, 2.24) is 0 Å². The monoisotopic (exact) mass is 374 g/mol. The minimum absolute atomic E-state index is 0.0300. The van der Waals surface area contributed by atoms with Gasteiger partial charge < -0.3 is 14.9 Å². The Morgan fingerprint density at radius 2 is 1.89 bits per heavy atom. The van der Waals surface area contributed by atoms with Crippen molar-refractivity contribution in [2.75, 3.05) is 0 Å². The molecule has 1 aliphatic heterocycles. The van der Waals surface area contributed by atoms with E-state index in [4.69, 9.17) is 4.74 Å². The number of allylic oxidation sites excluding steroid dienone is 2. The first-order valence-corrected chi connectivity index (χ1v) is 9.33. The maximum Gasteiger partial charge on any atom is 0.309 e. The SMILES string of the molecule is CC1(O)CC(c2ccc(F)cc2)=C(/C=C/[C@H]2C[C@H](O)CC(=O)O2)C(C)(C)C1. The predicted molar refractivity (Wildman–Crippen MR) is 101 cm³/mol. The van der Waals surface area contributed by atoms with Gasteiger partial charge >= 0.3 is 5.97 Å². The van der Waals surface area contributed by atoms with E-state index in [1.165, 1.54) is 12.1 Å². The molecule has 0 bridgehead atoms. The van der Waals surface area contributed by atoms with Crippen LogP contribution >= 0.6 is 0 Å². The normalized spacial score (nSPS) is 31.3. The summed E-state index contributed by atoms with van der Waals surface area (Å²) in [6.45, 7) is 5.94. The van der Waals surface area contributed by atoms with Crippen LogP contribution in [0, 0.1) is 11.2 Å². The number of halogens is 1. The molecular formula is C22H27FO4. The summed E-state index contributed by atoms with van der Waals surface area (Å²) in [6, 6.07) is 6.28. The van der Waals surface area contributed by atoms with E-state index in [1.54, 1.807) is 18.2 Å². The highest BCUT2D eigenvalue weighted by molar-refractivity contribution is 5.74. The first kappa shape index (κ1) is 19.8. The molecule has 1 unspecified atom stereocenters. The molecule has 5 heteroatoms. The van der Waals surface area contributed by atoms with E-state index < -0.39 is 23.8 Å². The summed E-state index contributed by atoms with van der Waals surface area (Å²) < 4.78 is 18.7. The third kappa shape index (κ3) is 4.66. The number of aliphatic hydroxyl groups is 2. The van der Waals surface area contributed by atoms with Gasteiger partial charge in [-0.3, -0.25) is 4.79 Å². The van der Waals surface area contributed by atoms with E-state index >= 15 is 0 Å². The second-order valence-corrected chi connectivity index (χ2v) is 8.61. The van der Waals surface area contributed by atoms with Crippen molar-refractivity contribution < 1.29 is 24.1 Å². The van der Waals surface area contributed by atoms with Gasteiger partial charge in [-0.05, 0) is 53.7 Å². The summed E-state index contributed by atoms with van der Waals surface area (Å²) in [5.41, 5.74) is 1.66. The van der Waals surface area contributed by atoms with Crippen LogP contribution in [0.1, 0.15) is 52.0 Å². The zero-order valence-electron chi connectivity index (χ0n) is 16.0. The molecule has 1 aromatic carbocycles. The molecule has 0 radical (unpaired) electrons. The fourth-order valence-electron chi connectivity index (χ4n) is 4.36. The molecule has 146 valence electrons. The zero-order valence-corrected chi connectivity index (χ0v) is 16.0. The number of rotatable bonds is 3. The molecular weight excluding hydrogens is 347 g/mol. The van der Waals surface area contributed by atoms with Crippen molar-refractivity contribution in [3.05, 3.63) is 53.4 Å². The first-order valence-electron chi connectivity index (χ1n) is 9.33. The molecule has 0 amide bonds. The standard InChI is InChI=1S/C22H27FO4/c1-21(2)13-22(3,26)12-18(14-4-6-15(23)7-5-14)19(21)9-8-17-10-16(24)11-20(25)27-17/h4-9,16-17,24,26H,10-13H2,1-3H3/b9-8+/t16-,17-,22?/m0/s1. The fraction of sp³-hybridized carbons (Fsp3) is 0.500. The lowest BCUT2D eigenvalue weighted by molar-refractivity contribution is -0.156. The van der Waals surface area contributed by atoms with Gasteiger partial charge in [0.05, 0.1) is 18.1 Å². The van der Waals surface area contributed by atoms with Gasteiger partial charge in [0.15, 0.2) is 0 Å². The van der Waals surface area contributed by atoms with Gasteiger partial charge in [0.2, 0.25) is 0 Å². The minimum atomic E-state index is -0.863. The molecule has 0 saturated carbocycles. The molecule has 1 fully saturated rings. The van der Waals surface area contributed by atoms with E-state index in [1.807, 2.05) is 13.0 Å². The summed E-state index contributed by atoms with van der Waals surface area (Å²) in [5, 5.41) is 20.6. The first-order chi connectivity index (χ1) is 12.6. The third-order valence-corrected chi connectivity index (χ3v) is 5.29. The smallest absolute Gasteiger partial charge is 0.309 e. The Hall–Kier alpha value is -1.98. The van der Waals surface area contributed by atoms with E-state index in [9.17, 15) is 19.4 Å². The highest BCUT2D eigenvalue weighted by Gasteiger charge is 2.40. The summed E-state index contributed by atoms with van der Waals surface area (Å²) in [6.07, 6.45) is 4.02. The molecule has 1 aromatic rings. The van der Waals surface area contributed by atoms with E-state index in [2.05, 4.69) is 13.8 Å². The van der Waals surface area contributed by atoms with Gasteiger partial charge in [-0.15, -0.1) is 0 Å². The summed E-state index contributed by atoms with van der Waals surface area (Å²) >= 11 is 0. The fourth-order valence-corrected chi connectivity index (χ4v) is 4.36. The molecule has 1 aliphatic carbocycles. The Bertz CT molecular complexity index is 774. The number of cyclic esters (lactones) is 1. The lowest BCUT2D eigenvalue weighted by Gasteiger charge is -2.42. The summed E-state index contributed by atoms with van der Waals surface area (Å²) in [7, 11) is 0. The van der Waals surface area contributed by atoms with Crippen LogP contribution in [0.2, 0.25) is 0 Å². The quantitative estimate of drug-likeness (QED) is 0.791. The lowest BCUT2D eigenvalue weighted by Crippen LogP contribution is -2.37. The second kappa shape index (κ2) is 7.21. The highest BCUT2D eigenvalue weighted by Crippen LogP contribution is 2.48. The van der Waals surface area contributed by atoms with Crippen LogP contribution < -0.4 is 0 Å². The van der Waals surface area contributed by atoms with Gasteiger partial charge in [-0.2, -0.15) is 0 Å². The molecule has 1 heterocycles. The molecule has 2 aliphatic rings. The number of aliphatic hydroxyl groups excluding tert-OH is 1. The van der Waals surface area contributed by atoms with E-state index in [0.29, 0.717) is 19.3 Å². The van der Waals surface area contributed by atoms with Gasteiger partial charge in [-0.25, -0.2) is 4.39 Å². The van der Waals surface area contributed by atoms with Gasteiger partial charge in [0.25, 0.3) is 0 Å². The molecule has 4 nitrogen and oxygen atoms in total. The number of ether oxygens (including phenoxy) is 1. The Balaban J connectivity index is 2.00. The number of carbonyl (C=O) groups excluding carboxylic acids is 1. The van der Waals surface area contributed by atoms with Crippen LogP contribution in [0.5, 0.6) is 0 Å². The van der Waals surface area contributed by atoms with Gasteiger partial charge in [0, 0.05) is 12.8 Å². The van der Waals surface area contributed by atoms with E-state index in [0.717, 1.165) is 16.7 Å². The molecule has 1 saturated heterocycles. The largest absolute Gasteiger partial charge is 0.458 e. The highest BCUT2D eigenvalue weighted by atomic mass is 19.1. The van der Waals surface area contributed by atoms with E-state index in [-0.39, 0.29) is 17.7 Å². The minimum Gasteiger partial charge on any atom is -0.458 e. The van der Waals surface area contributed by atoms with Crippen LogP contribution in [0.15, 0.2) is 42.0 Å². The summed E-state index contributed by atoms with van der Waals surface area (Å²) in [5.74, 6) is -0.705. The van der Waals surface area contributed by atoms with Crippen LogP contribution in [0.4, 0.5) is 4.39 Å². The predicted octanol–water partition coefficient (Wildman–Crippen LogP) is 3.77. The van der Waals surface area contributed by atoms with Crippen LogP contribution in [-0.2, 0) is 9.53 Å². The van der Waals surface area contributed by atoms with Crippen molar-refractivity contribution in [2.24, 2.45) is 5.41 Å². The third-order valence-electron chi connectivity index (χ3n) is 5.29. The van der Waals surface area contributed by atoms with Crippen molar-refractivity contribution in [3.63, 3.8) is 0 Å². The average Bonchev–Trinajstić information content (AvgIpc) is 2.51. The summed E-state index contributed by atoms with van der Waals surface area (Å²) in [4.78, 5) is 11.6.